The summed E-state index contributed by atoms with van der Waals surface area (Å²) in [7, 11) is 1.48. The Hall–Kier alpha value is -2.30. The van der Waals surface area contributed by atoms with E-state index >= 15 is 0 Å². The zero-order valence-corrected chi connectivity index (χ0v) is 24.0. The van der Waals surface area contributed by atoms with Gasteiger partial charge in [0.25, 0.3) is 11.8 Å². The van der Waals surface area contributed by atoms with Crippen molar-refractivity contribution in [2.24, 2.45) is 5.16 Å². The Morgan fingerprint density at radius 1 is 1.13 bits per heavy atom. The third-order valence-corrected chi connectivity index (χ3v) is 8.44. The maximum Gasteiger partial charge on any atom is 0.260 e. The van der Waals surface area contributed by atoms with E-state index in [0.29, 0.717) is 50.9 Å². The molecular weight excluding hydrogens is 594 g/mol. The normalized spacial score (nSPS) is 17.8. The van der Waals surface area contributed by atoms with Gasteiger partial charge in [0, 0.05) is 53.7 Å². The summed E-state index contributed by atoms with van der Waals surface area (Å²) < 4.78 is 10.8. The van der Waals surface area contributed by atoms with Crippen LogP contribution in [-0.2, 0) is 9.63 Å². The van der Waals surface area contributed by atoms with Gasteiger partial charge in [-0.25, -0.2) is 9.97 Å². The number of halogens is 4. The number of thiazole rings is 1. The second-order valence-corrected chi connectivity index (χ2v) is 11.4. The fourth-order valence-corrected chi connectivity index (χ4v) is 6.63. The maximum atomic E-state index is 12.7. The highest BCUT2D eigenvalue weighted by Gasteiger charge is 2.31. The highest BCUT2D eigenvalue weighted by molar-refractivity contribution is 7.10. The van der Waals surface area contributed by atoms with E-state index in [1.807, 2.05) is 5.38 Å². The van der Waals surface area contributed by atoms with Gasteiger partial charge in [-0.2, -0.15) is 0 Å². The predicted octanol–water partition coefficient (Wildman–Crippen LogP) is 6.81. The molecule has 1 amide bonds. The number of hydrogen-bond acceptors (Lipinski definition) is 8. The average Bonchev–Trinajstić information content (AvgIpc) is 3.57. The van der Waals surface area contributed by atoms with Crippen molar-refractivity contribution in [3.63, 3.8) is 0 Å². The number of benzene rings is 1. The lowest BCUT2D eigenvalue weighted by molar-refractivity contribution is -0.134. The van der Waals surface area contributed by atoms with Crippen LogP contribution in [0.5, 0.6) is 11.6 Å². The van der Waals surface area contributed by atoms with Gasteiger partial charge in [-0.05, 0) is 25.0 Å². The number of piperidine rings is 1. The van der Waals surface area contributed by atoms with E-state index in [0.717, 1.165) is 29.3 Å². The van der Waals surface area contributed by atoms with E-state index in [9.17, 15) is 4.79 Å². The van der Waals surface area contributed by atoms with Gasteiger partial charge in [-0.1, -0.05) is 51.6 Å². The quantitative estimate of drug-likeness (QED) is 0.290. The van der Waals surface area contributed by atoms with Crippen molar-refractivity contribution < 1.29 is 19.1 Å². The first-order valence-corrected chi connectivity index (χ1v) is 14.1. The molecule has 0 spiro atoms. The SMILES string of the molecule is COc1ncc(Cl)cc1OCC(=O)N1CCC(c2nc(C3=NOC(c4c(Cl)cc(Cl)cc4Cl)C3)cs2)CC1. The summed E-state index contributed by atoms with van der Waals surface area (Å²) in [6.07, 6.45) is 3.18. The fraction of sp³-hybridized carbons (Fsp3) is 0.360. The zero-order chi connectivity index (χ0) is 26.8. The van der Waals surface area contributed by atoms with Crippen LogP contribution in [0, 0.1) is 0 Å². The molecule has 1 aromatic carbocycles. The number of oxime groups is 1. The summed E-state index contributed by atoms with van der Waals surface area (Å²) in [4.78, 5) is 29.1. The Bertz CT molecular complexity index is 1350. The average molecular weight is 616 g/mol. The second-order valence-electron chi connectivity index (χ2n) is 8.79. The topological polar surface area (TPSA) is 86.1 Å². The minimum absolute atomic E-state index is 0.103. The lowest BCUT2D eigenvalue weighted by Crippen LogP contribution is -2.40. The van der Waals surface area contributed by atoms with Crippen molar-refractivity contribution in [3.05, 3.63) is 66.1 Å². The van der Waals surface area contributed by atoms with Crippen molar-refractivity contribution in [2.75, 3.05) is 26.8 Å². The molecule has 2 aromatic heterocycles. The van der Waals surface area contributed by atoms with Gasteiger partial charge in [-0.3, -0.25) is 4.79 Å². The number of carbonyl (C=O) groups is 1. The molecule has 8 nitrogen and oxygen atoms in total. The van der Waals surface area contributed by atoms with Gasteiger partial charge in [0.05, 0.1) is 32.9 Å². The molecule has 0 N–H and O–H groups in total. The van der Waals surface area contributed by atoms with Crippen molar-refractivity contribution in [2.45, 2.75) is 31.3 Å². The number of ether oxygens (including phenoxy) is 2. The number of amides is 1. The molecule has 3 aromatic rings. The largest absolute Gasteiger partial charge is 0.478 e. The van der Waals surface area contributed by atoms with Crippen LogP contribution in [0.1, 0.15) is 47.5 Å². The Labute approximate surface area is 243 Å². The molecule has 2 aliphatic heterocycles. The summed E-state index contributed by atoms with van der Waals surface area (Å²) in [5.74, 6) is 0.770. The monoisotopic (exact) mass is 614 g/mol. The van der Waals surface area contributed by atoms with Crippen molar-refractivity contribution in [1.82, 2.24) is 14.9 Å². The van der Waals surface area contributed by atoms with E-state index < -0.39 is 6.10 Å². The van der Waals surface area contributed by atoms with E-state index in [1.54, 1.807) is 34.4 Å². The van der Waals surface area contributed by atoms with Crippen molar-refractivity contribution >= 4 is 69.4 Å². The summed E-state index contributed by atoms with van der Waals surface area (Å²) >= 11 is 26.3. The van der Waals surface area contributed by atoms with E-state index in [1.165, 1.54) is 13.3 Å². The lowest BCUT2D eigenvalue weighted by Gasteiger charge is -2.31. The summed E-state index contributed by atoms with van der Waals surface area (Å²) in [6.45, 7) is 1.12. The molecule has 0 bridgehead atoms. The number of carbonyl (C=O) groups excluding carboxylic acids is 1. The van der Waals surface area contributed by atoms with Crippen LogP contribution >= 0.6 is 57.7 Å². The molecule has 0 radical (unpaired) electrons. The molecule has 1 saturated heterocycles. The van der Waals surface area contributed by atoms with Crippen LogP contribution in [0.15, 0.2) is 34.9 Å². The first kappa shape index (κ1) is 27.3. The van der Waals surface area contributed by atoms with Crippen LogP contribution in [-0.4, -0.2) is 53.3 Å². The third kappa shape index (κ3) is 5.97. The van der Waals surface area contributed by atoms with Crippen LogP contribution in [0.25, 0.3) is 0 Å². The highest BCUT2D eigenvalue weighted by atomic mass is 35.5. The Morgan fingerprint density at radius 2 is 1.87 bits per heavy atom. The molecule has 38 heavy (non-hydrogen) atoms. The number of rotatable bonds is 7. The molecule has 4 heterocycles. The molecule has 0 saturated carbocycles. The van der Waals surface area contributed by atoms with Crippen molar-refractivity contribution in [3.8, 4) is 11.6 Å². The number of nitrogens with zero attached hydrogens (tertiary/aromatic N) is 4. The number of aromatic nitrogens is 2. The molecule has 13 heteroatoms. The molecule has 5 rings (SSSR count). The van der Waals surface area contributed by atoms with Gasteiger partial charge in [0.1, 0.15) is 5.71 Å². The molecule has 200 valence electrons. The van der Waals surface area contributed by atoms with Crippen molar-refractivity contribution in [1.29, 1.82) is 0 Å². The lowest BCUT2D eigenvalue weighted by atomic mass is 9.97. The molecule has 2 aliphatic rings. The number of pyridine rings is 1. The number of hydrogen-bond donors (Lipinski definition) is 0. The van der Waals surface area contributed by atoms with Gasteiger partial charge in [-0.15, -0.1) is 11.3 Å². The third-order valence-electron chi connectivity index (χ3n) is 6.38. The summed E-state index contributed by atoms with van der Waals surface area (Å²) in [6, 6.07) is 4.86. The van der Waals surface area contributed by atoms with E-state index in [4.69, 9.17) is 65.7 Å². The minimum atomic E-state index is -0.397. The van der Waals surface area contributed by atoms with Crippen LogP contribution in [0.3, 0.4) is 0 Å². The molecule has 1 unspecified atom stereocenters. The Balaban J connectivity index is 1.14. The smallest absolute Gasteiger partial charge is 0.260 e. The highest BCUT2D eigenvalue weighted by Crippen LogP contribution is 2.40. The maximum absolute atomic E-state index is 12.7. The second kappa shape index (κ2) is 11.8. The molecule has 1 fully saturated rings. The fourth-order valence-electron chi connectivity index (χ4n) is 4.42. The standard InChI is InChI=1S/C25H22Cl4N4O4S/c1-35-24-21(8-15(27)10-30-24)36-11-22(34)33-4-2-13(3-5-33)25-31-19(12-38-25)18-9-20(37-32-18)23-16(28)6-14(26)7-17(23)29/h6-8,10,12-13,20H,2-5,9,11H2,1H3. The van der Waals surface area contributed by atoms with E-state index in [2.05, 4.69) is 10.1 Å². The first-order chi connectivity index (χ1) is 18.3. The Morgan fingerprint density at radius 3 is 2.58 bits per heavy atom. The molecule has 1 atom stereocenters. The van der Waals surface area contributed by atoms with Crippen LogP contribution in [0.4, 0.5) is 0 Å². The zero-order valence-electron chi connectivity index (χ0n) is 20.1. The summed E-state index contributed by atoms with van der Waals surface area (Å²) in [5, 5.41) is 9.01. The van der Waals surface area contributed by atoms with Gasteiger partial charge < -0.3 is 19.2 Å². The van der Waals surface area contributed by atoms with Gasteiger partial charge in [0.2, 0.25) is 0 Å². The predicted molar refractivity (Wildman–Crippen MR) is 148 cm³/mol. The first-order valence-electron chi connectivity index (χ1n) is 11.8. The summed E-state index contributed by atoms with van der Waals surface area (Å²) in [5.41, 5.74) is 2.19. The molecule has 0 aliphatic carbocycles. The van der Waals surface area contributed by atoms with Crippen LogP contribution in [0.2, 0.25) is 20.1 Å². The number of methoxy groups -OCH3 is 1. The number of likely N-dealkylation sites (tertiary alicyclic amines) is 1. The minimum Gasteiger partial charge on any atom is -0.478 e. The van der Waals surface area contributed by atoms with Crippen LogP contribution < -0.4 is 9.47 Å². The Kier molecular flexibility index (Phi) is 8.50. The molecular formula is C25H22Cl4N4O4S. The van der Waals surface area contributed by atoms with Gasteiger partial charge >= 0.3 is 0 Å². The van der Waals surface area contributed by atoms with Gasteiger partial charge in [0.15, 0.2) is 18.5 Å². The van der Waals surface area contributed by atoms with E-state index in [-0.39, 0.29) is 24.3 Å².